The van der Waals surface area contributed by atoms with Gasteiger partial charge in [0.25, 0.3) is 0 Å². The second-order valence-corrected chi connectivity index (χ2v) is 9.82. The van der Waals surface area contributed by atoms with Gasteiger partial charge in [-0.05, 0) is 91.8 Å². The van der Waals surface area contributed by atoms with Crippen molar-refractivity contribution in [3.05, 3.63) is 77.9 Å². The fourth-order valence-corrected chi connectivity index (χ4v) is 5.47. The molecule has 0 saturated heterocycles. The molecule has 0 N–H and O–H groups in total. The molecule has 0 amide bonds. The van der Waals surface area contributed by atoms with Gasteiger partial charge in [-0.1, -0.05) is 20.8 Å². The summed E-state index contributed by atoms with van der Waals surface area (Å²) in [4.78, 5) is 17.1. The zero-order valence-corrected chi connectivity index (χ0v) is 22.9. The first-order valence-corrected chi connectivity index (χ1v) is 13.7. The predicted octanol–water partition coefficient (Wildman–Crippen LogP) is 7.32. The van der Waals surface area contributed by atoms with Crippen LogP contribution >= 0.6 is 11.3 Å². The number of hydrogen-bond donors (Lipinski definition) is 0. The van der Waals surface area contributed by atoms with Crippen molar-refractivity contribution in [3.8, 4) is 27.7 Å². The number of hydrogen-bond acceptors (Lipinski definition) is 6. The molecule has 5 nitrogen and oxygen atoms in total. The summed E-state index contributed by atoms with van der Waals surface area (Å²) < 4.78 is 18.1. The Balaban J connectivity index is 1.67. The monoisotopic (exact) mass is 517 g/mol. The van der Waals surface area contributed by atoms with Gasteiger partial charge in [0.15, 0.2) is 5.78 Å². The van der Waals surface area contributed by atoms with E-state index in [9.17, 15) is 4.79 Å². The maximum Gasteiger partial charge on any atom is 0.195 e. The minimum atomic E-state index is -0.00863. The summed E-state index contributed by atoms with van der Waals surface area (Å²) in [7, 11) is 1.62. The Hall–Kier alpha value is -3.35. The van der Waals surface area contributed by atoms with Crippen LogP contribution in [0.4, 0.5) is 0 Å². The summed E-state index contributed by atoms with van der Waals surface area (Å²) in [6.45, 7) is 10.6. The van der Waals surface area contributed by atoms with E-state index in [-0.39, 0.29) is 5.78 Å². The predicted molar refractivity (Wildman–Crippen MR) is 153 cm³/mol. The molecule has 3 aromatic carbocycles. The van der Waals surface area contributed by atoms with Crippen molar-refractivity contribution in [2.45, 2.75) is 27.2 Å². The van der Waals surface area contributed by atoms with Crippen LogP contribution in [0.5, 0.6) is 17.2 Å². The Labute approximate surface area is 223 Å². The molecular formula is C31H35NO4S. The van der Waals surface area contributed by atoms with E-state index in [2.05, 4.69) is 25.7 Å². The van der Waals surface area contributed by atoms with Crippen LogP contribution in [0.3, 0.4) is 0 Å². The van der Waals surface area contributed by atoms with Gasteiger partial charge in [-0.15, -0.1) is 11.3 Å². The van der Waals surface area contributed by atoms with Gasteiger partial charge in [0.05, 0.1) is 13.7 Å². The molecule has 194 valence electrons. The number of nitrogens with zero attached hydrogens (tertiary/aromatic N) is 1. The molecule has 6 heteroatoms. The molecule has 0 bridgehead atoms. The van der Waals surface area contributed by atoms with Crippen LogP contribution in [0.2, 0.25) is 0 Å². The maximum atomic E-state index is 13.8. The van der Waals surface area contributed by atoms with Crippen LogP contribution in [0, 0.1) is 0 Å². The van der Waals surface area contributed by atoms with E-state index in [1.165, 1.54) is 0 Å². The first kappa shape index (κ1) is 26.7. The average molecular weight is 518 g/mol. The molecule has 0 unspecified atom stereocenters. The molecule has 0 spiro atoms. The van der Waals surface area contributed by atoms with Crippen LogP contribution < -0.4 is 14.2 Å². The normalized spacial score (nSPS) is 11.2. The van der Waals surface area contributed by atoms with Gasteiger partial charge in [-0.2, -0.15) is 0 Å². The molecule has 0 saturated carbocycles. The highest BCUT2D eigenvalue weighted by Crippen LogP contribution is 2.41. The van der Waals surface area contributed by atoms with Crippen molar-refractivity contribution in [1.82, 2.24) is 4.90 Å². The molecule has 0 atom stereocenters. The summed E-state index contributed by atoms with van der Waals surface area (Å²) in [5.74, 6) is 2.37. The smallest absolute Gasteiger partial charge is 0.195 e. The van der Waals surface area contributed by atoms with Crippen molar-refractivity contribution in [1.29, 1.82) is 0 Å². The Morgan fingerprint density at radius 1 is 0.811 bits per heavy atom. The Morgan fingerprint density at radius 2 is 1.46 bits per heavy atom. The van der Waals surface area contributed by atoms with Gasteiger partial charge >= 0.3 is 0 Å². The first-order valence-electron chi connectivity index (χ1n) is 12.9. The Morgan fingerprint density at radius 3 is 2.11 bits per heavy atom. The van der Waals surface area contributed by atoms with Gasteiger partial charge in [-0.25, -0.2) is 0 Å². The van der Waals surface area contributed by atoms with E-state index < -0.39 is 0 Å². The zero-order chi connectivity index (χ0) is 26.2. The minimum absolute atomic E-state index is 0.00863. The molecule has 1 heterocycles. The number of likely N-dealkylation sites (N-methyl/N-ethyl adjacent to an activating group) is 1. The summed E-state index contributed by atoms with van der Waals surface area (Å²) >= 11 is 1.62. The number of methoxy groups -OCH3 is 1. The maximum absolute atomic E-state index is 13.8. The fourth-order valence-electron chi connectivity index (χ4n) is 4.24. The lowest BCUT2D eigenvalue weighted by atomic mass is 9.97. The van der Waals surface area contributed by atoms with Crippen molar-refractivity contribution >= 4 is 27.2 Å². The number of fused-ring (bicyclic) bond motifs is 1. The number of ether oxygens (including phenoxy) is 3. The Bertz CT molecular complexity index is 1310. The highest BCUT2D eigenvalue weighted by atomic mass is 32.1. The molecule has 0 aliphatic heterocycles. The minimum Gasteiger partial charge on any atom is -0.497 e. The molecule has 0 fully saturated rings. The number of benzene rings is 3. The second-order valence-electron chi connectivity index (χ2n) is 8.77. The third-order valence-electron chi connectivity index (χ3n) is 6.40. The molecule has 0 radical (unpaired) electrons. The summed E-state index contributed by atoms with van der Waals surface area (Å²) in [5, 5.41) is 0.934. The van der Waals surface area contributed by atoms with E-state index in [0.29, 0.717) is 24.3 Å². The standard InChI is InChI=1S/C31H35NO4S/c1-5-19-35-26-16-17-27-28(21-26)37-31(29(27)30(33)22-8-12-24(34-4)13-9-22)23-10-14-25(15-11-23)36-20-18-32(6-2)7-3/h8-17,21H,5-7,18-20H2,1-4H3. The summed E-state index contributed by atoms with van der Waals surface area (Å²) in [6.07, 6.45) is 0.943. The van der Waals surface area contributed by atoms with Gasteiger partial charge in [-0.3, -0.25) is 4.79 Å². The molecular weight excluding hydrogens is 482 g/mol. The van der Waals surface area contributed by atoms with Crippen LogP contribution in [0.1, 0.15) is 43.1 Å². The number of carbonyl (C=O) groups is 1. The average Bonchev–Trinajstić information content (AvgIpc) is 3.33. The third-order valence-corrected chi connectivity index (χ3v) is 7.60. The van der Waals surface area contributed by atoms with Crippen molar-refractivity contribution in [2.75, 3.05) is 40.0 Å². The lowest BCUT2D eigenvalue weighted by Gasteiger charge is -2.18. The topological polar surface area (TPSA) is 48.0 Å². The number of ketones is 1. The van der Waals surface area contributed by atoms with Gasteiger partial charge in [0, 0.05) is 32.6 Å². The van der Waals surface area contributed by atoms with E-state index in [1.807, 2.05) is 66.7 Å². The highest BCUT2D eigenvalue weighted by molar-refractivity contribution is 7.22. The molecule has 4 rings (SSSR count). The van der Waals surface area contributed by atoms with Crippen LogP contribution in [-0.2, 0) is 0 Å². The van der Waals surface area contributed by atoms with E-state index in [0.717, 1.165) is 63.8 Å². The van der Waals surface area contributed by atoms with Crippen molar-refractivity contribution in [2.24, 2.45) is 0 Å². The lowest BCUT2D eigenvalue weighted by Crippen LogP contribution is -2.27. The second kappa shape index (κ2) is 12.7. The van der Waals surface area contributed by atoms with E-state index >= 15 is 0 Å². The van der Waals surface area contributed by atoms with Gasteiger partial charge in [0.2, 0.25) is 0 Å². The third kappa shape index (κ3) is 6.32. The SMILES string of the molecule is CCCOc1ccc2c(C(=O)c3ccc(OC)cc3)c(-c3ccc(OCCN(CC)CC)cc3)sc2c1. The fraction of sp³-hybridized carbons (Fsp3) is 0.323. The van der Waals surface area contributed by atoms with Crippen LogP contribution in [0.15, 0.2) is 66.7 Å². The molecule has 37 heavy (non-hydrogen) atoms. The molecule has 1 aromatic heterocycles. The highest BCUT2D eigenvalue weighted by Gasteiger charge is 2.22. The summed E-state index contributed by atoms with van der Waals surface area (Å²) in [5.41, 5.74) is 2.33. The van der Waals surface area contributed by atoms with Crippen molar-refractivity contribution in [3.63, 3.8) is 0 Å². The van der Waals surface area contributed by atoms with Crippen LogP contribution in [-0.4, -0.2) is 50.6 Å². The lowest BCUT2D eigenvalue weighted by molar-refractivity contribution is 0.104. The number of carbonyl (C=O) groups excluding carboxylic acids is 1. The number of thiophene rings is 1. The molecule has 0 aliphatic rings. The number of rotatable bonds is 13. The largest absolute Gasteiger partial charge is 0.497 e. The van der Waals surface area contributed by atoms with E-state index in [4.69, 9.17) is 14.2 Å². The van der Waals surface area contributed by atoms with Crippen molar-refractivity contribution < 1.29 is 19.0 Å². The van der Waals surface area contributed by atoms with Gasteiger partial charge in [0.1, 0.15) is 23.9 Å². The quantitative estimate of drug-likeness (QED) is 0.174. The van der Waals surface area contributed by atoms with Gasteiger partial charge < -0.3 is 19.1 Å². The van der Waals surface area contributed by atoms with Crippen LogP contribution in [0.25, 0.3) is 20.5 Å². The molecule has 4 aromatic rings. The Kier molecular flexibility index (Phi) is 9.20. The molecule has 0 aliphatic carbocycles. The first-order chi connectivity index (χ1) is 18.1. The van der Waals surface area contributed by atoms with E-state index in [1.54, 1.807) is 18.4 Å². The summed E-state index contributed by atoms with van der Waals surface area (Å²) in [6, 6.07) is 21.3. The zero-order valence-electron chi connectivity index (χ0n) is 22.1.